The molecular formula is C9H15NO. The maximum absolute atomic E-state index is 5.61. The number of hydrogen-bond donors (Lipinski definition) is 1. The molecule has 0 radical (unpaired) electrons. The minimum atomic E-state index is 0.264. The zero-order valence-corrected chi connectivity index (χ0v) is 7.13. The maximum atomic E-state index is 5.61. The van der Waals surface area contributed by atoms with Crippen LogP contribution in [0.4, 0.5) is 0 Å². The Hall–Kier alpha value is -0.760. The molecule has 1 atom stereocenters. The van der Waals surface area contributed by atoms with Crippen LogP contribution in [0, 0.1) is 6.92 Å². The van der Waals surface area contributed by atoms with Crippen LogP contribution in [0.3, 0.4) is 0 Å². The summed E-state index contributed by atoms with van der Waals surface area (Å²) >= 11 is 0. The van der Waals surface area contributed by atoms with Gasteiger partial charge in [0.1, 0.15) is 11.5 Å². The maximum Gasteiger partial charge on any atom is 0.104 e. The largest absolute Gasteiger partial charge is 0.466 e. The van der Waals surface area contributed by atoms with Crippen LogP contribution >= 0.6 is 0 Å². The first-order chi connectivity index (χ1) is 5.18. The molecule has 2 N–H and O–H groups in total. The van der Waals surface area contributed by atoms with Crippen LogP contribution in [0.2, 0.25) is 0 Å². The molecule has 2 heteroatoms. The second-order valence-electron chi connectivity index (χ2n) is 3.03. The Labute approximate surface area is 67.4 Å². The molecule has 1 aromatic rings. The smallest absolute Gasteiger partial charge is 0.104 e. The highest BCUT2D eigenvalue weighted by atomic mass is 16.3. The highest BCUT2D eigenvalue weighted by molar-refractivity contribution is 5.05. The first-order valence-electron chi connectivity index (χ1n) is 3.99. The van der Waals surface area contributed by atoms with Crippen LogP contribution in [-0.2, 0) is 6.42 Å². The molecular weight excluding hydrogens is 138 g/mol. The highest BCUT2D eigenvalue weighted by Gasteiger charge is 1.99. The minimum absolute atomic E-state index is 0.264. The van der Waals surface area contributed by atoms with Gasteiger partial charge in [-0.15, -0.1) is 0 Å². The number of nitrogens with two attached hydrogens (primary N) is 1. The molecule has 0 aromatic carbocycles. The Morgan fingerprint density at radius 1 is 1.55 bits per heavy atom. The van der Waals surface area contributed by atoms with E-state index in [4.69, 9.17) is 10.2 Å². The van der Waals surface area contributed by atoms with E-state index in [1.165, 1.54) is 0 Å². The van der Waals surface area contributed by atoms with Gasteiger partial charge in [-0.1, -0.05) is 0 Å². The van der Waals surface area contributed by atoms with E-state index in [0.29, 0.717) is 0 Å². The summed E-state index contributed by atoms with van der Waals surface area (Å²) in [4.78, 5) is 0. The van der Waals surface area contributed by atoms with E-state index in [1.54, 1.807) is 0 Å². The van der Waals surface area contributed by atoms with Crippen molar-refractivity contribution in [3.63, 3.8) is 0 Å². The SMILES string of the molecule is Cc1ccc(CC[C@H](C)N)o1. The van der Waals surface area contributed by atoms with Crippen LogP contribution < -0.4 is 5.73 Å². The molecule has 1 rings (SSSR count). The molecule has 11 heavy (non-hydrogen) atoms. The topological polar surface area (TPSA) is 39.2 Å². The fourth-order valence-corrected chi connectivity index (χ4v) is 0.989. The predicted octanol–water partition coefficient (Wildman–Crippen LogP) is 1.87. The monoisotopic (exact) mass is 153 g/mol. The van der Waals surface area contributed by atoms with E-state index in [2.05, 4.69) is 0 Å². The van der Waals surface area contributed by atoms with E-state index >= 15 is 0 Å². The van der Waals surface area contributed by atoms with Crippen molar-refractivity contribution in [1.82, 2.24) is 0 Å². The normalized spacial score (nSPS) is 13.4. The van der Waals surface area contributed by atoms with Gasteiger partial charge < -0.3 is 10.2 Å². The quantitative estimate of drug-likeness (QED) is 0.720. The first-order valence-corrected chi connectivity index (χ1v) is 3.99. The third kappa shape index (κ3) is 2.76. The zero-order chi connectivity index (χ0) is 8.27. The molecule has 0 aliphatic heterocycles. The van der Waals surface area contributed by atoms with Crippen molar-refractivity contribution in [2.45, 2.75) is 32.7 Å². The summed E-state index contributed by atoms with van der Waals surface area (Å²) in [5, 5.41) is 0. The molecule has 0 saturated heterocycles. The molecule has 0 bridgehead atoms. The lowest BCUT2D eigenvalue weighted by Crippen LogP contribution is -2.15. The molecule has 0 aliphatic carbocycles. The summed E-state index contributed by atoms with van der Waals surface area (Å²) in [6.07, 6.45) is 1.94. The molecule has 0 spiro atoms. The van der Waals surface area contributed by atoms with Crippen molar-refractivity contribution < 1.29 is 4.42 Å². The second-order valence-corrected chi connectivity index (χ2v) is 3.03. The van der Waals surface area contributed by atoms with Gasteiger partial charge in [0.15, 0.2) is 0 Å². The zero-order valence-electron chi connectivity index (χ0n) is 7.13. The molecule has 0 amide bonds. The molecule has 0 unspecified atom stereocenters. The van der Waals surface area contributed by atoms with Crippen LogP contribution in [-0.4, -0.2) is 6.04 Å². The average molecular weight is 153 g/mol. The lowest BCUT2D eigenvalue weighted by molar-refractivity contribution is 0.469. The summed E-state index contributed by atoms with van der Waals surface area (Å²) in [6.45, 7) is 3.96. The summed E-state index contributed by atoms with van der Waals surface area (Å²) in [7, 11) is 0. The Kier molecular flexibility index (Phi) is 2.71. The van der Waals surface area contributed by atoms with Crippen molar-refractivity contribution in [2.24, 2.45) is 5.73 Å². The third-order valence-corrected chi connectivity index (χ3v) is 1.64. The molecule has 0 saturated carbocycles. The summed E-state index contributed by atoms with van der Waals surface area (Å²) in [5.74, 6) is 2.02. The molecule has 62 valence electrons. The Bertz CT molecular complexity index is 215. The Balaban J connectivity index is 2.39. The number of aryl methyl sites for hydroxylation is 2. The number of hydrogen-bond acceptors (Lipinski definition) is 2. The van der Waals surface area contributed by atoms with Crippen molar-refractivity contribution in [1.29, 1.82) is 0 Å². The molecule has 0 aliphatic rings. The lowest BCUT2D eigenvalue weighted by atomic mass is 10.2. The molecule has 1 heterocycles. The van der Waals surface area contributed by atoms with Crippen LogP contribution in [0.25, 0.3) is 0 Å². The lowest BCUT2D eigenvalue weighted by Gasteiger charge is -2.00. The Morgan fingerprint density at radius 3 is 2.73 bits per heavy atom. The predicted molar refractivity (Wildman–Crippen MR) is 45.4 cm³/mol. The van der Waals surface area contributed by atoms with Gasteiger partial charge in [-0.25, -0.2) is 0 Å². The van der Waals surface area contributed by atoms with Crippen LogP contribution in [0.15, 0.2) is 16.5 Å². The van der Waals surface area contributed by atoms with E-state index in [1.807, 2.05) is 26.0 Å². The van der Waals surface area contributed by atoms with Gasteiger partial charge >= 0.3 is 0 Å². The summed E-state index contributed by atoms with van der Waals surface area (Å²) in [5.41, 5.74) is 5.61. The van der Waals surface area contributed by atoms with Gasteiger partial charge in [0.2, 0.25) is 0 Å². The van der Waals surface area contributed by atoms with Gasteiger partial charge in [0.25, 0.3) is 0 Å². The van der Waals surface area contributed by atoms with E-state index in [-0.39, 0.29) is 6.04 Å². The number of furan rings is 1. The average Bonchev–Trinajstić information content (AvgIpc) is 2.31. The standard InChI is InChI=1S/C9H15NO/c1-7(10)3-5-9-6-4-8(2)11-9/h4,6-7H,3,5,10H2,1-2H3/t7-/m0/s1. The van der Waals surface area contributed by atoms with Gasteiger partial charge in [-0.05, 0) is 32.4 Å². The third-order valence-electron chi connectivity index (χ3n) is 1.64. The van der Waals surface area contributed by atoms with Gasteiger partial charge in [-0.3, -0.25) is 0 Å². The van der Waals surface area contributed by atoms with Crippen molar-refractivity contribution in [3.8, 4) is 0 Å². The van der Waals surface area contributed by atoms with E-state index < -0.39 is 0 Å². The molecule has 0 fully saturated rings. The summed E-state index contributed by atoms with van der Waals surface area (Å²) < 4.78 is 5.38. The Morgan fingerprint density at radius 2 is 2.27 bits per heavy atom. The number of rotatable bonds is 3. The van der Waals surface area contributed by atoms with Crippen LogP contribution in [0.1, 0.15) is 24.9 Å². The van der Waals surface area contributed by atoms with Gasteiger partial charge in [0.05, 0.1) is 0 Å². The fraction of sp³-hybridized carbons (Fsp3) is 0.556. The molecule has 2 nitrogen and oxygen atoms in total. The van der Waals surface area contributed by atoms with E-state index in [0.717, 1.165) is 24.4 Å². The van der Waals surface area contributed by atoms with Crippen LogP contribution in [0.5, 0.6) is 0 Å². The van der Waals surface area contributed by atoms with E-state index in [9.17, 15) is 0 Å². The first kappa shape index (κ1) is 8.34. The van der Waals surface area contributed by atoms with Crippen molar-refractivity contribution in [3.05, 3.63) is 23.7 Å². The van der Waals surface area contributed by atoms with Gasteiger partial charge in [-0.2, -0.15) is 0 Å². The highest BCUT2D eigenvalue weighted by Crippen LogP contribution is 2.08. The van der Waals surface area contributed by atoms with Gasteiger partial charge in [0, 0.05) is 12.5 Å². The second kappa shape index (κ2) is 3.58. The fourth-order valence-electron chi connectivity index (χ4n) is 0.989. The van der Waals surface area contributed by atoms with Crippen molar-refractivity contribution >= 4 is 0 Å². The van der Waals surface area contributed by atoms with Crippen molar-refractivity contribution in [2.75, 3.05) is 0 Å². The summed E-state index contributed by atoms with van der Waals surface area (Å²) in [6, 6.07) is 4.26. The molecule has 1 aromatic heterocycles. The minimum Gasteiger partial charge on any atom is -0.466 e.